The van der Waals surface area contributed by atoms with Gasteiger partial charge in [-0.1, -0.05) is 66.2 Å². The van der Waals surface area contributed by atoms with Gasteiger partial charge in [-0.15, -0.1) is 0 Å². The van der Waals surface area contributed by atoms with E-state index >= 15 is 0 Å². The minimum absolute atomic E-state index is 0.301. The third-order valence-corrected chi connectivity index (χ3v) is 5.58. The summed E-state index contributed by atoms with van der Waals surface area (Å²) in [4.78, 5) is 13.1. The summed E-state index contributed by atoms with van der Waals surface area (Å²) in [6, 6.07) is 15.0. The van der Waals surface area contributed by atoms with Gasteiger partial charge in [0, 0.05) is 27.3 Å². The second-order valence-electron chi connectivity index (χ2n) is 7.10. The molecule has 0 unspecified atom stereocenters. The Morgan fingerprint density at radius 1 is 0.871 bits per heavy atom. The first-order valence-corrected chi connectivity index (χ1v) is 10.3. The smallest absolute Gasteiger partial charge is 0.354 e. The molecule has 2 aromatic carbocycles. The van der Waals surface area contributed by atoms with Crippen LogP contribution in [0.1, 0.15) is 11.1 Å². The van der Waals surface area contributed by atoms with Gasteiger partial charge in [0.25, 0.3) is 0 Å². The van der Waals surface area contributed by atoms with E-state index < -0.39 is 0 Å². The molecule has 0 saturated heterocycles. The van der Waals surface area contributed by atoms with Crippen LogP contribution in [0.15, 0.2) is 96.0 Å². The molecule has 0 fully saturated rings. The van der Waals surface area contributed by atoms with E-state index in [-0.39, 0.29) is 5.69 Å². The predicted octanol–water partition coefficient (Wildman–Crippen LogP) is 3.26. The fourth-order valence-electron chi connectivity index (χ4n) is 3.53. The molecule has 0 bridgehead atoms. The van der Waals surface area contributed by atoms with Gasteiger partial charge in [0.1, 0.15) is 5.71 Å². The van der Waals surface area contributed by atoms with Gasteiger partial charge in [0.15, 0.2) is 0 Å². The lowest BCUT2D eigenvalue weighted by molar-refractivity contribution is -0.603. The molecule has 0 radical (unpaired) electrons. The number of allylic oxidation sites excluding steroid dienone is 6. The topological polar surface area (TPSA) is 54.0 Å². The van der Waals surface area contributed by atoms with Crippen molar-refractivity contribution in [3.63, 3.8) is 0 Å². The number of benzene rings is 2. The Kier molecular flexibility index (Phi) is 4.77. The molecule has 0 atom stereocenters. The zero-order chi connectivity index (χ0) is 21.5. The van der Waals surface area contributed by atoms with E-state index in [9.17, 15) is 4.79 Å². The molecule has 3 aromatic rings. The van der Waals surface area contributed by atoms with Gasteiger partial charge in [-0.3, -0.25) is 9.77 Å². The van der Waals surface area contributed by atoms with E-state index in [1.807, 2.05) is 72.8 Å². The van der Waals surface area contributed by atoms with Crippen LogP contribution in [0.2, 0.25) is 10.0 Å². The third kappa shape index (κ3) is 3.48. The Bertz CT molecular complexity index is 1470. The molecule has 0 spiro atoms. The summed E-state index contributed by atoms with van der Waals surface area (Å²) in [6.45, 7) is 3.89. The molecule has 0 saturated carbocycles. The van der Waals surface area contributed by atoms with Crippen LogP contribution in [0.3, 0.4) is 0 Å². The molecular formula is C24H16Cl2N4O. The second-order valence-corrected chi connectivity index (χ2v) is 7.97. The average molecular weight is 447 g/mol. The van der Waals surface area contributed by atoms with Gasteiger partial charge in [0.2, 0.25) is 0 Å². The van der Waals surface area contributed by atoms with Crippen molar-refractivity contribution in [1.82, 2.24) is 9.77 Å². The van der Waals surface area contributed by atoms with Crippen molar-refractivity contribution in [3.8, 4) is 0 Å². The third-order valence-electron chi connectivity index (χ3n) is 5.08. The van der Waals surface area contributed by atoms with Gasteiger partial charge < -0.3 is 5.43 Å². The maximum absolute atomic E-state index is 13.1. The van der Waals surface area contributed by atoms with Gasteiger partial charge in [-0.25, -0.2) is 4.79 Å². The molecule has 1 aliphatic heterocycles. The van der Waals surface area contributed by atoms with E-state index in [2.05, 4.69) is 17.1 Å². The zero-order valence-electron chi connectivity index (χ0n) is 16.2. The molecule has 2 heterocycles. The molecule has 152 valence electrons. The lowest BCUT2D eigenvalue weighted by Crippen LogP contribution is -2.45. The quantitative estimate of drug-likeness (QED) is 0.614. The fourth-order valence-corrected chi connectivity index (χ4v) is 3.78. The summed E-state index contributed by atoms with van der Waals surface area (Å²) in [6.07, 6.45) is 9.12. The van der Waals surface area contributed by atoms with E-state index in [0.717, 1.165) is 27.8 Å². The fraction of sp³-hybridized carbons (Fsp3) is 0. The maximum atomic E-state index is 13.1. The van der Waals surface area contributed by atoms with Gasteiger partial charge >= 0.3 is 5.69 Å². The van der Waals surface area contributed by atoms with Crippen molar-refractivity contribution in [3.05, 3.63) is 134 Å². The van der Waals surface area contributed by atoms with Crippen LogP contribution in [0.25, 0.3) is 11.1 Å². The van der Waals surface area contributed by atoms with Crippen LogP contribution in [0.5, 0.6) is 0 Å². The van der Waals surface area contributed by atoms with Gasteiger partial charge in [0.05, 0.1) is 0 Å². The summed E-state index contributed by atoms with van der Waals surface area (Å²) < 4.78 is 2.80. The summed E-state index contributed by atoms with van der Waals surface area (Å²) in [7, 11) is 0. The minimum Gasteiger partial charge on any atom is -0.365 e. The number of hydrogen-bond donors (Lipinski definition) is 1. The first-order valence-electron chi connectivity index (χ1n) is 9.52. The summed E-state index contributed by atoms with van der Waals surface area (Å²) in [5.41, 5.74) is 8.31. The lowest BCUT2D eigenvalue weighted by atomic mass is 9.93. The summed E-state index contributed by atoms with van der Waals surface area (Å²) >= 11 is 12.2. The number of rotatable bonds is 2. The van der Waals surface area contributed by atoms with E-state index in [4.69, 9.17) is 23.2 Å². The van der Waals surface area contributed by atoms with Crippen molar-refractivity contribution in [2.75, 3.05) is 5.43 Å². The van der Waals surface area contributed by atoms with Crippen molar-refractivity contribution in [1.29, 1.82) is 0 Å². The number of nitrogens with one attached hydrogen (secondary N) is 1. The Balaban J connectivity index is 1.83. The highest BCUT2D eigenvalue weighted by Crippen LogP contribution is 2.31. The van der Waals surface area contributed by atoms with Gasteiger partial charge in [-0.2, -0.15) is 4.36 Å². The van der Waals surface area contributed by atoms with Crippen LogP contribution in [-0.2, 0) is 0 Å². The molecule has 31 heavy (non-hydrogen) atoms. The van der Waals surface area contributed by atoms with E-state index in [1.54, 1.807) is 6.20 Å². The highest BCUT2D eigenvalue weighted by Gasteiger charge is 2.17. The maximum Gasteiger partial charge on any atom is 0.354 e. The van der Waals surface area contributed by atoms with E-state index in [1.165, 1.54) is 9.03 Å². The van der Waals surface area contributed by atoms with Crippen LogP contribution in [0.4, 0.5) is 0 Å². The Morgan fingerprint density at radius 3 is 2.06 bits per heavy atom. The Labute approximate surface area is 187 Å². The number of halogens is 2. The highest BCUT2D eigenvalue weighted by molar-refractivity contribution is 6.31. The van der Waals surface area contributed by atoms with Crippen molar-refractivity contribution < 1.29 is 4.36 Å². The second kappa shape index (κ2) is 7.61. The molecule has 5 nitrogen and oxygen atoms in total. The molecule has 0 amide bonds. The van der Waals surface area contributed by atoms with Gasteiger partial charge in [-0.05, 0) is 58.7 Å². The molecular weight excluding hydrogens is 431 g/mol. The van der Waals surface area contributed by atoms with Crippen LogP contribution in [0, 0.1) is 5.71 Å². The Morgan fingerprint density at radius 2 is 1.45 bits per heavy atom. The van der Waals surface area contributed by atoms with E-state index in [0.29, 0.717) is 21.2 Å². The monoisotopic (exact) mass is 446 g/mol. The number of hydrogen-bond acceptors (Lipinski definition) is 2. The van der Waals surface area contributed by atoms with Crippen molar-refractivity contribution in [2.24, 2.45) is 0 Å². The lowest BCUT2D eigenvalue weighted by Gasteiger charge is -2.22. The van der Waals surface area contributed by atoms with Crippen LogP contribution >= 0.6 is 23.2 Å². The zero-order valence-corrected chi connectivity index (χ0v) is 17.7. The van der Waals surface area contributed by atoms with Crippen LogP contribution in [-0.4, -0.2) is 4.68 Å². The Hall–Kier alpha value is -3.54. The highest BCUT2D eigenvalue weighted by atomic mass is 35.5. The summed E-state index contributed by atoms with van der Waals surface area (Å²) in [5, 5.41) is 5.95. The predicted molar refractivity (Wildman–Crippen MR) is 123 cm³/mol. The number of aromatic nitrogens is 3. The summed E-state index contributed by atoms with van der Waals surface area (Å²) in [5.74, 6) is 0. The largest absolute Gasteiger partial charge is 0.365 e. The minimum atomic E-state index is -0.301. The standard InChI is InChI=1S/C24H16Cl2N4O/c1-15-2-12-20(13-3-15)29-24(31)30-23(28-29)22(17-6-10-19(26)11-7-17)21(14-27-30)16-4-8-18(25)9-5-16/h2-14,27H,1H2. The molecule has 7 heteroatoms. The van der Waals surface area contributed by atoms with Crippen LogP contribution < -0.4 is 26.1 Å². The number of fused-ring (bicyclic) bond motifs is 1. The average Bonchev–Trinajstić information content (AvgIpc) is 3.11. The normalized spacial score (nSPS) is 15.0. The first kappa shape index (κ1) is 19.4. The molecule has 2 aliphatic rings. The van der Waals surface area contributed by atoms with Crippen molar-refractivity contribution >= 4 is 34.3 Å². The first-order chi connectivity index (χ1) is 15.0. The molecule has 1 aliphatic carbocycles. The number of nitrogens with zero attached hydrogens (tertiary/aromatic N) is 3. The van der Waals surface area contributed by atoms with Crippen molar-refractivity contribution in [2.45, 2.75) is 0 Å². The SMILES string of the molecule is C=C1C=CC(=[n+]2[n-]c3n(c2=O)NC=C(c2ccc(Cl)cc2)C=3c2ccc(Cl)cc2)C=C1. The molecule has 1 aromatic heterocycles. The molecule has 1 N–H and O–H groups in total. The molecule has 5 rings (SSSR count).